The highest BCUT2D eigenvalue weighted by molar-refractivity contribution is 5.78. The maximum Gasteiger partial charge on any atom is 0.234 e. The van der Waals surface area contributed by atoms with Gasteiger partial charge in [0.1, 0.15) is 0 Å². The molecule has 1 aromatic rings. The first-order valence-electron chi connectivity index (χ1n) is 9.82. The Morgan fingerprint density at radius 3 is 3.00 bits per heavy atom. The molecule has 1 unspecified atom stereocenters. The summed E-state index contributed by atoms with van der Waals surface area (Å²) in [5.74, 6) is 2.13. The Balaban J connectivity index is 1.25. The zero-order chi connectivity index (χ0) is 17.1. The zero-order valence-electron chi connectivity index (χ0n) is 14.9. The Labute approximate surface area is 149 Å². The molecule has 1 saturated heterocycles. The molecule has 25 heavy (non-hydrogen) atoms. The molecule has 6 nitrogen and oxygen atoms in total. The number of nitrogens with one attached hydrogen (secondary N) is 1. The number of amides is 1. The number of carbonyl (C=O) groups is 1. The van der Waals surface area contributed by atoms with Crippen molar-refractivity contribution in [2.45, 2.75) is 69.7 Å². The van der Waals surface area contributed by atoms with Gasteiger partial charge < -0.3 is 9.84 Å². The van der Waals surface area contributed by atoms with Gasteiger partial charge in [0.05, 0.1) is 12.6 Å². The SMILES string of the molecule is O=C(CN1CCCC1c1noc(C2CC2)n1)NCCC1=CCCCC1. The molecule has 0 bridgehead atoms. The van der Waals surface area contributed by atoms with Crippen molar-refractivity contribution in [1.29, 1.82) is 0 Å². The maximum atomic E-state index is 12.3. The molecule has 2 aliphatic carbocycles. The normalized spacial score (nSPS) is 24.3. The van der Waals surface area contributed by atoms with Crippen LogP contribution in [0.3, 0.4) is 0 Å². The number of hydrogen-bond acceptors (Lipinski definition) is 5. The number of allylic oxidation sites excluding steroid dienone is 1. The summed E-state index contributed by atoms with van der Waals surface area (Å²) in [6, 6.07) is 0.128. The van der Waals surface area contributed by atoms with Crippen molar-refractivity contribution in [3.05, 3.63) is 23.4 Å². The fourth-order valence-corrected chi connectivity index (χ4v) is 3.92. The zero-order valence-corrected chi connectivity index (χ0v) is 14.9. The fraction of sp³-hybridized carbons (Fsp3) is 0.737. The van der Waals surface area contributed by atoms with Crippen LogP contribution in [0.5, 0.6) is 0 Å². The van der Waals surface area contributed by atoms with Gasteiger partial charge in [-0.05, 0) is 64.3 Å². The minimum absolute atomic E-state index is 0.106. The molecule has 1 atom stereocenters. The van der Waals surface area contributed by atoms with Crippen molar-refractivity contribution < 1.29 is 9.32 Å². The van der Waals surface area contributed by atoms with Crippen LogP contribution in [0, 0.1) is 0 Å². The lowest BCUT2D eigenvalue weighted by atomic mass is 9.97. The molecule has 0 aromatic carbocycles. The number of aromatic nitrogens is 2. The second kappa shape index (κ2) is 7.68. The van der Waals surface area contributed by atoms with Crippen molar-refractivity contribution >= 4 is 5.91 Å². The van der Waals surface area contributed by atoms with Crippen LogP contribution in [0.4, 0.5) is 0 Å². The van der Waals surface area contributed by atoms with Gasteiger partial charge in [0.15, 0.2) is 5.82 Å². The third-order valence-electron chi connectivity index (χ3n) is 5.55. The Morgan fingerprint density at radius 2 is 2.20 bits per heavy atom. The molecule has 4 rings (SSSR count). The summed E-state index contributed by atoms with van der Waals surface area (Å²) in [6.45, 7) is 2.10. The molecule has 136 valence electrons. The standard InChI is InChI=1S/C19H28N4O2/c24-17(20-11-10-14-5-2-1-3-6-14)13-23-12-4-7-16(23)18-21-19(25-22-18)15-8-9-15/h5,15-16H,1-4,6-13H2,(H,20,24). The van der Waals surface area contributed by atoms with Gasteiger partial charge in [-0.2, -0.15) is 4.98 Å². The number of nitrogens with zero attached hydrogens (tertiary/aromatic N) is 3. The lowest BCUT2D eigenvalue weighted by molar-refractivity contribution is -0.122. The second-order valence-electron chi connectivity index (χ2n) is 7.60. The lowest BCUT2D eigenvalue weighted by Gasteiger charge is -2.21. The van der Waals surface area contributed by atoms with E-state index in [4.69, 9.17) is 4.52 Å². The molecule has 2 fully saturated rings. The summed E-state index contributed by atoms with van der Waals surface area (Å²) in [5, 5.41) is 7.25. The fourth-order valence-electron chi connectivity index (χ4n) is 3.92. The van der Waals surface area contributed by atoms with Gasteiger partial charge in [0, 0.05) is 12.5 Å². The quantitative estimate of drug-likeness (QED) is 0.770. The summed E-state index contributed by atoms with van der Waals surface area (Å²) in [6.07, 6.45) is 12.8. The largest absolute Gasteiger partial charge is 0.355 e. The summed E-state index contributed by atoms with van der Waals surface area (Å²) in [5.41, 5.74) is 1.50. The van der Waals surface area contributed by atoms with Crippen molar-refractivity contribution in [2.75, 3.05) is 19.6 Å². The number of rotatable bonds is 7. The summed E-state index contributed by atoms with van der Waals surface area (Å²) >= 11 is 0. The van der Waals surface area contributed by atoms with E-state index in [0.717, 1.165) is 56.9 Å². The molecule has 3 aliphatic rings. The molecule has 0 spiro atoms. The van der Waals surface area contributed by atoms with Crippen LogP contribution in [-0.2, 0) is 4.79 Å². The van der Waals surface area contributed by atoms with E-state index in [9.17, 15) is 4.79 Å². The average molecular weight is 344 g/mol. The maximum absolute atomic E-state index is 12.3. The molecule has 1 N–H and O–H groups in total. The molecule has 0 radical (unpaired) electrons. The summed E-state index contributed by atoms with van der Waals surface area (Å²) in [7, 11) is 0. The Hall–Kier alpha value is -1.69. The predicted octanol–water partition coefficient (Wildman–Crippen LogP) is 3.09. The van der Waals surface area contributed by atoms with Gasteiger partial charge in [-0.1, -0.05) is 16.8 Å². The molecule has 6 heteroatoms. The van der Waals surface area contributed by atoms with Crippen LogP contribution in [0.1, 0.15) is 81.5 Å². The van der Waals surface area contributed by atoms with E-state index in [1.165, 1.54) is 31.3 Å². The molecule has 2 heterocycles. The van der Waals surface area contributed by atoms with E-state index in [-0.39, 0.29) is 11.9 Å². The first kappa shape index (κ1) is 16.8. The van der Waals surface area contributed by atoms with E-state index < -0.39 is 0 Å². The van der Waals surface area contributed by atoms with E-state index in [1.807, 2.05) is 0 Å². The van der Waals surface area contributed by atoms with Gasteiger partial charge in [-0.25, -0.2) is 0 Å². The van der Waals surface area contributed by atoms with Crippen LogP contribution < -0.4 is 5.32 Å². The highest BCUT2D eigenvalue weighted by Gasteiger charge is 2.34. The molecular weight excluding hydrogens is 316 g/mol. The molecule has 1 aromatic heterocycles. The van der Waals surface area contributed by atoms with Gasteiger partial charge >= 0.3 is 0 Å². The van der Waals surface area contributed by atoms with Gasteiger partial charge in [0.25, 0.3) is 0 Å². The van der Waals surface area contributed by atoms with E-state index in [1.54, 1.807) is 0 Å². The second-order valence-corrected chi connectivity index (χ2v) is 7.60. The molecule has 1 saturated carbocycles. The Morgan fingerprint density at radius 1 is 1.28 bits per heavy atom. The summed E-state index contributed by atoms with van der Waals surface area (Å²) in [4.78, 5) is 19.1. The highest BCUT2D eigenvalue weighted by Crippen LogP contribution is 2.40. The van der Waals surface area contributed by atoms with Gasteiger partial charge in [-0.3, -0.25) is 9.69 Å². The first-order valence-corrected chi connectivity index (χ1v) is 9.82. The van der Waals surface area contributed by atoms with E-state index >= 15 is 0 Å². The third kappa shape index (κ3) is 4.29. The van der Waals surface area contributed by atoms with Crippen LogP contribution >= 0.6 is 0 Å². The van der Waals surface area contributed by atoms with Crippen LogP contribution in [0.25, 0.3) is 0 Å². The molecule has 1 aliphatic heterocycles. The van der Waals surface area contributed by atoms with Crippen molar-refractivity contribution in [3.63, 3.8) is 0 Å². The Bertz CT molecular complexity index is 635. The minimum Gasteiger partial charge on any atom is -0.355 e. The highest BCUT2D eigenvalue weighted by atomic mass is 16.5. The number of carbonyl (C=O) groups excluding carboxylic acids is 1. The summed E-state index contributed by atoms with van der Waals surface area (Å²) < 4.78 is 5.39. The van der Waals surface area contributed by atoms with E-state index in [0.29, 0.717) is 12.5 Å². The van der Waals surface area contributed by atoms with Gasteiger partial charge in [-0.15, -0.1) is 0 Å². The number of likely N-dealkylation sites (tertiary alicyclic amines) is 1. The predicted molar refractivity (Wildman–Crippen MR) is 94.0 cm³/mol. The smallest absolute Gasteiger partial charge is 0.234 e. The van der Waals surface area contributed by atoms with Crippen molar-refractivity contribution in [1.82, 2.24) is 20.4 Å². The van der Waals surface area contributed by atoms with Crippen LogP contribution in [0.15, 0.2) is 16.2 Å². The topological polar surface area (TPSA) is 71.3 Å². The van der Waals surface area contributed by atoms with Crippen LogP contribution in [0.2, 0.25) is 0 Å². The molecular formula is C19H28N4O2. The minimum atomic E-state index is 0.106. The lowest BCUT2D eigenvalue weighted by Crippen LogP contribution is -2.37. The average Bonchev–Trinajstić information content (AvgIpc) is 3.18. The first-order chi connectivity index (χ1) is 12.3. The van der Waals surface area contributed by atoms with Crippen LogP contribution in [-0.4, -0.2) is 40.6 Å². The van der Waals surface area contributed by atoms with Crippen molar-refractivity contribution in [3.8, 4) is 0 Å². The Kier molecular flexibility index (Phi) is 5.15. The van der Waals surface area contributed by atoms with Crippen molar-refractivity contribution in [2.24, 2.45) is 0 Å². The number of hydrogen-bond donors (Lipinski definition) is 1. The van der Waals surface area contributed by atoms with E-state index in [2.05, 4.69) is 26.4 Å². The van der Waals surface area contributed by atoms with Gasteiger partial charge in [0.2, 0.25) is 11.8 Å². The molecule has 1 amide bonds. The monoisotopic (exact) mass is 344 g/mol. The third-order valence-corrected chi connectivity index (χ3v) is 5.55.